The van der Waals surface area contributed by atoms with E-state index in [9.17, 15) is 0 Å². The summed E-state index contributed by atoms with van der Waals surface area (Å²) in [6.07, 6.45) is 0. The molecule has 0 amide bonds. The van der Waals surface area contributed by atoms with Gasteiger partial charge in [-0.2, -0.15) is 0 Å². The summed E-state index contributed by atoms with van der Waals surface area (Å²) < 4.78 is 0. The Kier molecular flexibility index (Phi) is 5.10. The van der Waals surface area contributed by atoms with Crippen LogP contribution in [0.2, 0.25) is 15.8 Å². The van der Waals surface area contributed by atoms with E-state index < -0.39 is 12.1 Å². The van der Waals surface area contributed by atoms with Crippen molar-refractivity contribution in [1.82, 2.24) is 0 Å². The number of benzene rings is 1. The van der Waals surface area contributed by atoms with Crippen LogP contribution in [0.5, 0.6) is 0 Å². The summed E-state index contributed by atoms with van der Waals surface area (Å²) >= 11 is -1.56. The van der Waals surface area contributed by atoms with Crippen molar-refractivity contribution in [2.45, 2.75) is 41.4 Å². The van der Waals surface area contributed by atoms with E-state index in [2.05, 4.69) is 61.2 Å². The molecule has 0 aromatic heterocycles. The molecule has 0 radical (unpaired) electrons. The van der Waals surface area contributed by atoms with Crippen molar-refractivity contribution in [2.75, 3.05) is 0 Å². The predicted octanol–water partition coefficient (Wildman–Crippen LogP) is 4.78. The first-order valence-electron chi connectivity index (χ1n) is 5.50. The fourth-order valence-electron chi connectivity index (χ4n) is 1.71. The Balaban J connectivity index is 2.74. The van der Waals surface area contributed by atoms with Crippen LogP contribution in [-0.2, 0) is 0 Å². The van der Waals surface area contributed by atoms with E-state index in [-0.39, 0.29) is 0 Å². The molecule has 0 spiro atoms. The minimum absolute atomic E-state index is 1.44. The van der Waals surface area contributed by atoms with Gasteiger partial charge in [0.1, 0.15) is 0 Å². The van der Waals surface area contributed by atoms with E-state index in [1.165, 1.54) is 20.7 Å². The average Bonchev–Trinajstić information content (AvgIpc) is 2.28. The van der Waals surface area contributed by atoms with Gasteiger partial charge >= 0.3 is 94.0 Å². The molecule has 0 aliphatic carbocycles. The molecule has 0 aliphatic heterocycles. The molecule has 0 atom stereocenters. The van der Waals surface area contributed by atoms with Gasteiger partial charge in [-0.25, -0.2) is 0 Å². The Morgan fingerprint density at radius 3 is 1.86 bits per heavy atom. The van der Waals surface area contributed by atoms with Crippen LogP contribution in [0, 0.1) is 0 Å². The molecule has 2 heteroatoms. The van der Waals surface area contributed by atoms with Crippen molar-refractivity contribution in [3.63, 3.8) is 0 Å². The summed E-state index contributed by atoms with van der Waals surface area (Å²) in [7, 11) is 2.22. The SMILES string of the molecule is C[CH2][Ge]([CH2]C)([CH2]C)[S]c1ccccc1. The molecule has 0 nitrogen and oxygen atoms in total. The zero-order chi connectivity index (χ0) is 10.4. The quantitative estimate of drug-likeness (QED) is 0.693. The number of hydrogen-bond acceptors (Lipinski definition) is 1. The van der Waals surface area contributed by atoms with Crippen LogP contribution in [0.3, 0.4) is 0 Å². The molecule has 14 heavy (non-hydrogen) atoms. The normalized spacial score (nSPS) is 11.6. The van der Waals surface area contributed by atoms with E-state index in [0.29, 0.717) is 0 Å². The number of rotatable bonds is 5. The fraction of sp³-hybridized carbons (Fsp3) is 0.500. The Labute approximate surface area is 93.9 Å². The molecule has 1 aromatic rings. The van der Waals surface area contributed by atoms with Crippen molar-refractivity contribution >= 4 is 22.2 Å². The predicted molar refractivity (Wildman–Crippen MR) is 69.5 cm³/mol. The molecule has 0 bridgehead atoms. The number of hydrogen-bond donors (Lipinski definition) is 0. The van der Waals surface area contributed by atoms with Crippen LogP contribution in [0.4, 0.5) is 0 Å². The molecule has 0 saturated carbocycles. The molecule has 0 fully saturated rings. The second kappa shape index (κ2) is 5.86. The summed E-state index contributed by atoms with van der Waals surface area (Å²) in [5, 5.41) is 4.31. The van der Waals surface area contributed by atoms with E-state index in [1.54, 1.807) is 0 Å². The van der Waals surface area contributed by atoms with Gasteiger partial charge in [0.15, 0.2) is 0 Å². The molecule has 1 aromatic carbocycles. The third-order valence-electron chi connectivity index (χ3n) is 3.01. The van der Waals surface area contributed by atoms with Crippen LogP contribution in [-0.4, -0.2) is 12.1 Å². The van der Waals surface area contributed by atoms with Crippen molar-refractivity contribution in [2.24, 2.45) is 0 Å². The molecule has 0 heterocycles. The van der Waals surface area contributed by atoms with Gasteiger partial charge < -0.3 is 0 Å². The van der Waals surface area contributed by atoms with Gasteiger partial charge in [0, 0.05) is 0 Å². The molecule has 0 aliphatic rings. The van der Waals surface area contributed by atoms with Gasteiger partial charge in [-0.05, 0) is 0 Å². The zero-order valence-corrected chi connectivity index (χ0v) is 12.3. The molecule has 0 N–H and O–H groups in total. The summed E-state index contributed by atoms with van der Waals surface area (Å²) in [6.45, 7) is 7.13. The first-order chi connectivity index (χ1) is 6.76. The zero-order valence-electron chi connectivity index (χ0n) is 9.42. The van der Waals surface area contributed by atoms with Crippen LogP contribution in [0.25, 0.3) is 0 Å². The average molecular weight is 269 g/mol. The molecular weight excluding hydrogens is 249 g/mol. The first-order valence-corrected chi connectivity index (χ1v) is 13.3. The second-order valence-corrected chi connectivity index (χ2v) is 19.5. The maximum absolute atomic E-state index is 2.38. The fourth-order valence-corrected chi connectivity index (χ4v) is 12.8. The van der Waals surface area contributed by atoms with Gasteiger partial charge in [-0.1, -0.05) is 0 Å². The van der Waals surface area contributed by atoms with Gasteiger partial charge in [-0.15, -0.1) is 0 Å². The van der Waals surface area contributed by atoms with Crippen LogP contribution >= 0.6 is 10.1 Å². The van der Waals surface area contributed by atoms with Crippen molar-refractivity contribution < 1.29 is 0 Å². The molecule has 1 rings (SSSR count). The maximum atomic E-state index is 2.38. The minimum atomic E-state index is -1.56. The van der Waals surface area contributed by atoms with E-state index >= 15 is 0 Å². The summed E-state index contributed by atoms with van der Waals surface area (Å²) in [5.41, 5.74) is 0. The summed E-state index contributed by atoms with van der Waals surface area (Å²) in [6, 6.07) is 10.9. The van der Waals surface area contributed by atoms with Gasteiger partial charge in [0.2, 0.25) is 0 Å². The molecule has 78 valence electrons. The van der Waals surface area contributed by atoms with E-state index in [4.69, 9.17) is 0 Å². The van der Waals surface area contributed by atoms with Crippen LogP contribution in [0.15, 0.2) is 35.2 Å². The molecular formula is C12H20GeS. The van der Waals surface area contributed by atoms with Gasteiger partial charge in [0.25, 0.3) is 0 Å². The summed E-state index contributed by atoms with van der Waals surface area (Å²) in [4.78, 5) is 1.48. The van der Waals surface area contributed by atoms with Crippen LogP contribution < -0.4 is 0 Å². The van der Waals surface area contributed by atoms with E-state index in [1.807, 2.05) is 0 Å². The second-order valence-electron chi connectivity index (χ2n) is 3.66. The third-order valence-corrected chi connectivity index (χ3v) is 20.8. The van der Waals surface area contributed by atoms with Crippen molar-refractivity contribution in [1.29, 1.82) is 0 Å². The summed E-state index contributed by atoms with van der Waals surface area (Å²) in [5.74, 6) is 0. The Morgan fingerprint density at radius 1 is 0.929 bits per heavy atom. The Hall–Kier alpha value is 0.113. The standard InChI is InChI=1S/C12H20GeS/c1-4-13(5-2,6-3)14-12-10-8-7-9-11-12/h7-11H,4-6H2,1-3H3. The first kappa shape index (κ1) is 12.2. The molecule has 0 unspecified atom stereocenters. The van der Waals surface area contributed by atoms with Gasteiger partial charge in [-0.3, -0.25) is 0 Å². The van der Waals surface area contributed by atoms with Crippen molar-refractivity contribution in [3.05, 3.63) is 30.3 Å². The van der Waals surface area contributed by atoms with Crippen LogP contribution in [0.1, 0.15) is 20.8 Å². The monoisotopic (exact) mass is 270 g/mol. The van der Waals surface area contributed by atoms with Crippen molar-refractivity contribution in [3.8, 4) is 0 Å². The Bertz CT molecular complexity index is 246. The topological polar surface area (TPSA) is 0 Å². The Morgan fingerprint density at radius 2 is 1.43 bits per heavy atom. The third kappa shape index (κ3) is 3.06. The van der Waals surface area contributed by atoms with E-state index in [0.717, 1.165) is 0 Å². The van der Waals surface area contributed by atoms with Gasteiger partial charge in [0.05, 0.1) is 0 Å². The molecule has 0 saturated heterocycles.